The summed E-state index contributed by atoms with van der Waals surface area (Å²) in [4.78, 5) is 2.62. The van der Waals surface area contributed by atoms with E-state index in [4.69, 9.17) is 4.74 Å². The van der Waals surface area contributed by atoms with Gasteiger partial charge in [0.2, 0.25) is 0 Å². The van der Waals surface area contributed by atoms with Crippen molar-refractivity contribution in [3.8, 4) is 0 Å². The summed E-state index contributed by atoms with van der Waals surface area (Å²) in [6, 6.07) is 22.2. The lowest BCUT2D eigenvalue weighted by molar-refractivity contribution is -0.109. The summed E-state index contributed by atoms with van der Waals surface area (Å²) in [6.45, 7) is 16.2. The van der Waals surface area contributed by atoms with Crippen molar-refractivity contribution in [1.82, 2.24) is 4.90 Å². The highest BCUT2D eigenvalue weighted by atomic mass is 16.5. The maximum Gasteiger partial charge on any atom is 0.155 e. The second-order valence-electron chi connectivity index (χ2n) is 11.7. The van der Waals surface area contributed by atoms with E-state index in [0.717, 1.165) is 13.1 Å². The van der Waals surface area contributed by atoms with Gasteiger partial charge in [0.25, 0.3) is 0 Å². The summed E-state index contributed by atoms with van der Waals surface area (Å²) in [6.07, 6.45) is 7.42. The average Bonchev–Trinajstić information content (AvgIpc) is 2.91. The zero-order valence-electron chi connectivity index (χ0n) is 23.4. The van der Waals surface area contributed by atoms with Gasteiger partial charge in [-0.05, 0) is 91.0 Å². The summed E-state index contributed by atoms with van der Waals surface area (Å²) < 4.78 is 6.94. The van der Waals surface area contributed by atoms with Crippen molar-refractivity contribution >= 4 is 0 Å². The summed E-state index contributed by atoms with van der Waals surface area (Å²) >= 11 is 0. The zero-order chi connectivity index (χ0) is 25.6. The van der Waals surface area contributed by atoms with E-state index in [0.29, 0.717) is 10.8 Å². The quantitative estimate of drug-likeness (QED) is 0.390. The first-order valence-electron chi connectivity index (χ1n) is 14.3. The minimum atomic E-state index is -0.184. The number of fused-ring (bicyclic) bond motifs is 1. The zero-order valence-corrected chi connectivity index (χ0v) is 23.4. The van der Waals surface area contributed by atoms with E-state index in [1.807, 2.05) is 0 Å². The Morgan fingerprint density at radius 3 is 1.58 bits per heavy atom. The van der Waals surface area contributed by atoms with E-state index in [1.54, 1.807) is 5.57 Å². The van der Waals surface area contributed by atoms with E-state index in [2.05, 4.69) is 107 Å². The molecule has 36 heavy (non-hydrogen) atoms. The largest absolute Gasteiger partial charge is 0.485 e. The molecule has 3 aliphatic rings. The number of hydrogen-bond donors (Lipinski definition) is 0. The number of ether oxygens (including phenoxy) is 1. The van der Waals surface area contributed by atoms with Crippen molar-refractivity contribution in [2.75, 3.05) is 13.1 Å². The van der Waals surface area contributed by atoms with Crippen LogP contribution < -0.4 is 0 Å². The Bertz CT molecular complexity index is 1090. The third-order valence-corrected chi connectivity index (χ3v) is 10.6. The maximum absolute atomic E-state index is 6.94. The summed E-state index contributed by atoms with van der Waals surface area (Å²) in [7, 11) is 0. The summed E-state index contributed by atoms with van der Waals surface area (Å²) in [5.41, 5.74) is 7.96. The van der Waals surface area contributed by atoms with Gasteiger partial charge >= 0.3 is 0 Å². The molecule has 2 heterocycles. The molecule has 1 saturated carbocycles. The van der Waals surface area contributed by atoms with Gasteiger partial charge in [-0.1, -0.05) is 88.4 Å². The Labute approximate surface area is 219 Å². The molecule has 192 valence electrons. The SMILES string of the molecule is CCC1(CC)CC2=C(C)OC3(CN(C(c4ccccc4)c4ccccc4)C3)C(C)=C2CC1(CC)CC. The topological polar surface area (TPSA) is 12.5 Å². The Morgan fingerprint density at radius 2 is 1.14 bits per heavy atom. The molecule has 2 nitrogen and oxygen atoms in total. The molecular formula is C34H45NO. The standard InChI is InChI=1S/C34H45NO/c1-7-32(8-2)21-29-25(5)34(36-26(6)30(29)22-33(32,9-3)10-4)23-35(24-34)31(27-17-13-11-14-18-27)28-19-15-12-16-20-28/h11-20,31H,7-10,21-24H2,1-6H3. The Kier molecular flexibility index (Phi) is 6.70. The molecule has 0 bridgehead atoms. The van der Waals surface area contributed by atoms with Crippen LogP contribution in [0.15, 0.2) is 83.1 Å². The minimum Gasteiger partial charge on any atom is -0.485 e. The molecule has 5 rings (SSSR count). The molecule has 2 aromatic carbocycles. The number of likely N-dealkylation sites (tertiary alicyclic amines) is 1. The van der Waals surface area contributed by atoms with Crippen LogP contribution in [0.1, 0.15) is 97.2 Å². The molecule has 2 heteroatoms. The highest BCUT2D eigenvalue weighted by Crippen LogP contribution is 2.64. The molecule has 2 aliphatic heterocycles. The van der Waals surface area contributed by atoms with Gasteiger partial charge < -0.3 is 4.74 Å². The summed E-state index contributed by atoms with van der Waals surface area (Å²) in [5.74, 6) is 1.19. The fourth-order valence-electron chi connectivity index (χ4n) is 8.15. The van der Waals surface area contributed by atoms with Crippen molar-refractivity contribution in [3.63, 3.8) is 0 Å². The Balaban J connectivity index is 1.49. The number of benzene rings is 2. The molecule has 2 aromatic rings. The van der Waals surface area contributed by atoms with Crippen molar-refractivity contribution in [3.05, 3.63) is 94.3 Å². The van der Waals surface area contributed by atoms with Gasteiger partial charge in [-0.15, -0.1) is 0 Å². The molecular weight excluding hydrogens is 438 g/mol. The van der Waals surface area contributed by atoms with Crippen LogP contribution in [0.25, 0.3) is 0 Å². The molecule has 0 atom stereocenters. The number of rotatable bonds is 7. The van der Waals surface area contributed by atoms with Gasteiger partial charge in [-0.2, -0.15) is 0 Å². The van der Waals surface area contributed by atoms with E-state index in [-0.39, 0.29) is 11.6 Å². The molecule has 1 saturated heterocycles. The van der Waals surface area contributed by atoms with Crippen LogP contribution in [0, 0.1) is 10.8 Å². The highest BCUT2D eigenvalue weighted by Gasteiger charge is 2.57. The smallest absolute Gasteiger partial charge is 0.155 e. The van der Waals surface area contributed by atoms with Gasteiger partial charge in [0.1, 0.15) is 0 Å². The van der Waals surface area contributed by atoms with E-state index in [9.17, 15) is 0 Å². The van der Waals surface area contributed by atoms with Gasteiger partial charge in [0.05, 0.1) is 11.8 Å². The number of hydrogen-bond acceptors (Lipinski definition) is 2. The molecule has 0 N–H and O–H groups in total. The normalized spacial score (nSPS) is 22.4. The van der Waals surface area contributed by atoms with Crippen LogP contribution in [0.5, 0.6) is 0 Å². The second-order valence-corrected chi connectivity index (χ2v) is 11.7. The van der Waals surface area contributed by atoms with Gasteiger partial charge in [0.15, 0.2) is 5.60 Å². The molecule has 0 unspecified atom stereocenters. The first-order chi connectivity index (χ1) is 17.4. The molecule has 0 radical (unpaired) electrons. The average molecular weight is 484 g/mol. The van der Waals surface area contributed by atoms with E-state index < -0.39 is 0 Å². The molecule has 1 aliphatic carbocycles. The first-order valence-corrected chi connectivity index (χ1v) is 14.3. The molecule has 0 aromatic heterocycles. The minimum absolute atomic E-state index is 0.184. The summed E-state index contributed by atoms with van der Waals surface area (Å²) in [5, 5.41) is 0. The fraction of sp³-hybridized carbons (Fsp3) is 0.529. The van der Waals surface area contributed by atoms with Crippen LogP contribution >= 0.6 is 0 Å². The van der Waals surface area contributed by atoms with Gasteiger partial charge in [-0.3, -0.25) is 4.90 Å². The first kappa shape index (κ1) is 25.3. The second kappa shape index (κ2) is 9.53. The lowest BCUT2D eigenvalue weighted by atomic mass is 9.48. The van der Waals surface area contributed by atoms with Crippen molar-refractivity contribution in [1.29, 1.82) is 0 Å². The Hall–Kier alpha value is -2.32. The van der Waals surface area contributed by atoms with Crippen LogP contribution in [-0.4, -0.2) is 23.6 Å². The highest BCUT2D eigenvalue weighted by molar-refractivity contribution is 5.49. The molecule has 0 amide bonds. The third-order valence-electron chi connectivity index (χ3n) is 10.6. The van der Waals surface area contributed by atoms with Crippen LogP contribution in [0.4, 0.5) is 0 Å². The predicted molar refractivity (Wildman–Crippen MR) is 151 cm³/mol. The van der Waals surface area contributed by atoms with Crippen molar-refractivity contribution in [2.24, 2.45) is 10.8 Å². The van der Waals surface area contributed by atoms with Crippen LogP contribution in [-0.2, 0) is 4.74 Å². The van der Waals surface area contributed by atoms with Crippen LogP contribution in [0.3, 0.4) is 0 Å². The van der Waals surface area contributed by atoms with Crippen molar-refractivity contribution in [2.45, 2.75) is 91.7 Å². The number of allylic oxidation sites excluding steroid dienone is 3. The van der Waals surface area contributed by atoms with Gasteiger partial charge in [-0.25, -0.2) is 0 Å². The lowest BCUT2D eigenvalue weighted by Crippen LogP contribution is -2.65. The predicted octanol–water partition coefficient (Wildman–Crippen LogP) is 8.86. The lowest BCUT2D eigenvalue weighted by Gasteiger charge is -2.60. The Morgan fingerprint density at radius 1 is 0.694 bits per heavy atom. The monoisotopic (exact) mass is 483 g/mol. The fourth-order valence-corrected chi connectivity index (χ4v) is 8.15. The molecule has 2 fully saturated rings. The molecule has 1 spiro atoms. The van der Waals surface area contributed by atoms with Crippen molar-refractivity contribution < 1.29 is 4.74 Å². The van der Waals surface area contributed by atoms with Crippen LogP contribution in [0.2, 0.25) is 0 Å². The number of nitrogens with zero attached hydrogens (tertiary/aromatic N) is 1. The van der Waals surface area contributed by atoms with E-state index >= 15 is 0 Å². The maximum atomic E-state index is 6.94. The third kappa shape index (κ3) is 3.71. The van der Waals surface area contributed by atoms with Gasteiger partial charge in [0, 0.05) is 13.1 Å². The van der Waals surface area contributed by atoms with E-state index in [1.165, 1.54) is 66.6 Å².